The van der Waals surface area contributed by atoms with Crippen molar-refractivity contribution in [3.05, 3.63) is 40.0 Å². The first kappa shape index (κ1) is 20.9. The summed E-state index contributed by atoms with van der Waals surface area (Å²) in [6.45, 7) is 4.21. The SMILES string of the molecule is CN=C(NCc1ccc(OCC2CC2)nc1)N(C)Cc1csc(C)n1.I. The molecule has 8 heteroatoms. The highest BCUT2D eigenvalue weighted by atomic mass is 127. The highest BCUT2D eigenvalue weighted by Gasteiger charge is 2.22. The molecule has 3 rings (SSSR count). The Kier molecular flexibility index (Phi) is 8.08. The van der Waals surface area contributed by atoms with Crippen LogP contribution in [-0.4, -0.2) is 41.5 Å². The van der Waals surface area contributed by atoms with E-state index in [9.17, 15) is 0 Å². The molecule has 0 aliphatic heterocycles. The molecule has 1 aliphatic carbocycles. The van der Waals surface area contributed by atoms with Gasteiger partial charge in [0.25, 0.3) is 0 Å². The number of guanidine groups is 1. The third-order valence-electron chi connectivity index (χ3n) is 4.05. The molecule has 1 fully saturated rings. The first-order valence-electron chi connectivity index (χ1n) is 8.54. The molecule has 0 aromatic carbocycles. The molecule has 1 saturated carbocycles. The van der Waals surface area contributed by atoms with Gasteiger partial charge in [-0.15, -0.1) is 35.3 Å². The van der Waals surface area contributed by atoms with E-state index in [2.05, 4.69) is 30.6 Å². The Morgan fingerprint density at radius 1 is 1.42 bits per heavy atom. The first-order valence-corrected chi connectivity index (χ1v) is 9.42. The topological polar surface area (TPSA) is 62.6 Å². The number of nitrogens with one attached hydrogen (secondary N) is 1. The van der Waals surface area contributed by atoms with Gasteiger partial charge in [0.05, 0.1) is 23.9 Å². The second-order valence-corrected chi connectivity index (χ2v) is 7.44. The largest absolute Gasteiger partial charge is 0.477 e. The van der Waals surface area contributed by atoms with Crippen LogP contribution in [0.2, 0.25) is 0 Å². The predicted octanol–water partition coefficient (Wildman–Crippen LogP) is 3.46. The summed E-state index contributed by atoms with van der Waals surface area (Å²) in [7, 11) is 3.80. The van der Waals surface area contributed by atoms with Crippen molar-refractivity contribution in [2.45, 2.75) is 32.9 Å². The molecular formula is C18H26IN5OS. The lowest BCUT2D eigenvalue weighted by molar-refractivity contribution is 0.288. The van der Waals surface area contributed by atoms with Crippen LogP contribution in [0.5, 0.6) is 5.88 Å². The fraction of sp³-hybridized carbons (Fsp3) is 0.500. The lowest BCUT2D eigenvalue weighted by Crippen LogP contribution is -2.38. The summed E-state index contributed by atoms with van der Waals surface area (Å²) in [5, 5.41) is 6.53. The molecule has 1 N–H and O–H groups in total. The van der Waals surface area contributed by atoms with Gasteiger partial charge in [0, 0.05) is 38.3 Å². The van der Waals surface area contributed by atoms with E-state index in [0.29, 0.717) is 12.4 Å². The number of aryl methyl sites for hydroxylation is 1. The number of aliphatic imine (C=N–C) groups is 1. The summed E-state index contributed by atoms with van der Waals surface area (Å²) in [5.41, 5.74) is 2.16. The molecule has 0 unspecified atom stereocenters. The molecule has 0 bridgehead atoms. The lowest BCUT2D eigenvalue weighted by Gasteiger charge is -2.21. The van der Waals surface area contributed by atoms with E-state index in [0.717, 1.165) is 41.3 Å². The Morgan fingerprint density at radius 2 is 2.23 bits per heavy atom. The van der Waals surface area contributed by atoms with Crippen molar-refractivity contribution >= 4 is 41.3 Å². The molecule has 2 heterocycles. The van der Waals surface area contributed by atoms with Crippen molar-refractivity contribution in [1.82, 2.24) is 20.2 Å². The molecule has 2 aromatic heterocycles. The van der Waals surface area contributed by atoms with Crippen LogP contribution in [-0.2, 0) is 13.1 Å². The maximum absolute atomic E-state index is 5.67. The number of ether oxygens (including phenoxy) is 1. The van der Waals surface area contributed by atoms with Crippen molar-refractivity contribution in [2.75, 3.05) is 20.7 Å². The van der Waals surface area contributed by atoms with Gasteiger partial charge in [0.15, 0.2) is 5.96 Å². The molecule has 0 amide bonds. The number of nitrogens with zero attached hydrogens (tertiary/aromatic N) is 4. The summed E-state index contributed by atoms with van der Waals surface area (Å²) < 4.78 is 5.67. The maximum atomic E-state index is 5.67. The lowest BCUT2D eigenvalue weighted by atomic mass is 10.3. The van der Waals surface area contributed by atoms with Crippen LogP contribution in [0.3, 0.4) is 0 Å². The monoisotopic (exact) mass is 487 g/mol. The number of thiazole rings is 1. The second-order valence-electron chi connectivity index (χ2n) is 6.37. The van der Waals surface area contributed by atoms with Crippen LogP contribution in [0, 0.1) is 12.8 Å². The summed E-state index contributed by atoms with van der Waals surface area (Å²) >= 11 is 1.67. The molecule has 2 aromatic rings. The molecule has 1 aliphatic rings. The Balaban J connectivity index is 0.00000243. The van der Waals surface area contributed by atoms with E-state index >= 15 is 0 Å². The zero-order chi connectivity index (χ0) is 17.6. The zero-order valence-electron chi connectivity index (χ0n) is 15.4. The molecule has 142 valence electrons. The van der Waals surface area contributed by atoms with Crippen molar-refractivity contribution in [3.8, 4) is 5.88 Å². The van der Waals surface area contributed by atoms with Gasteiger partial charge in [-0.05, 0) is 31.2 Å². The fourth-order valence-corrected chi connectivity index (χ4v) is 3.06. The molecular weight excluding hydrogens is 461 g/mol. The van der Waals surface area contributed by atoms with Crippen molar-refractivity contribution < 1.29 is 4.74 Å². The predicted molar refractivity (Wildman–Crippen MR) is 116 cm³/mol. The highest BCUT2D eigenvalue weighted by molar-refractivity contribution is 14.0. The summed E-state index contributed by atoms with van der Waals surface area (Å²) in [5.74, 6) is 2.28. The average Bonchev–Trinajstić information content (AvgIpc) is 3.36. The smallest absolute Gasteiger partial charge is 0.213 e. The molecule has 0 saturated heterocycles. The van der Waals surface area contributed by atoms with Crippen LogP contribution in [0.25, 0.3) is 0 Å². The minimum atomic E-state index is 0. The fourth-order valence-electron chi connectivity index (χ4n) is 2.45. The third-order valence-corrected chi connectivity index (χ3v) is 4.87. The summed E-state index contributed by atoms with van der Waals surface area (Å²) in [6, 6.07) is 3.98. The van der Waals surface area contributed by atoms with E-state index in [-0.39, 0.29) is 24.0 Å². The van der Waals surface area contributed by atoms with Crippen molar-refractivity contribution in [2.24, 2.45) is 10.9 Å². The molecule has 0 spiro atoms. The molecule has 0 radical (unpaired) electrons. The van der Waals surface area contributed by atoms with E-state index in [1.54, 1.807) is 18.4 Å². The van der Waals surface area contributed by atoms with Gasteiger partial charge in [-0.1, -0.05) is 6.07 Å². The van der Waals surface area contributed by atoms with E-state index in [4.69, 9.17) is 4.74 Å². The third kappa shape index (κ3) is 6.39. The highest BCUT2D eigenvalue weighted by Crippen LogP contribution is 2.29. The van der Waals surface area contributed by atoms with Gasteiger partial charge in [0.1, 0.15) is 0 Å². The molecule has 26 heavy (non-hydrogen) atoms. The molecule has 0 atom stereocenters. The van der Waals surface area contributed by atoms with Gasteiger partial charge in [0.2, 0.25) is 5.88 Å². The Bertz CT molecular complexity index is 715. The van der Waals surface area contributed by atoms with Gasteiger partial charge in [-0.3, -0.25) is 4.99 Å². The van der Waals surface area contributed by atoms with Crippen LogP contribution < -0.4 is 10.1 Å². The van der Waals surface area contributed by atoms with Gasteiger partial charge < -0.3 is 15.0 Å². The van der Waals surface area contributed by atoms with E-state index < -0.39 is 0 Å². The quantitative estimate of drug-likeness (QED) is 0.368. The number of halogens is 1. The number of pyridine rings is 1. The standard InChI is InChI=1S/C18H25N5OS.HI/c1-13-22-16(12-25-13)10-23(3)18(19-2)21-9-15-6-7-17(20-8-15)24-11-14-4-5-14;/h6-8,12,14H,4-5,9-11H2,1-3H3,(H,19,21);1H. The van der Waals surface area contributed by atoms with Crippen molar-refractivity contribution in [3.63, 3.8) is 0 Å². The zero-order valence-corrected chi connectivity index (χ0v) is 18.6. The van der Waals surface area contributed by atoms with Crippen LogP contribution in [0.1, 0.15) is 29.1 Å². The average molecular weight is 487 g/mol. The Hall–Kier alpha value is -1.42. The molecule has 6 nitrogen and oxygen atoms in total. The van der Waals surface area contributed by atoms with Crippen LogP contribution in [0.4, 0.5) is 0 Å². The van der Waals surface area contributed by atoms with Crippen molar-refractivity contribution in [1.29, 1.82) is 0 Å². The Labute approximate surface area is 176 Å². The number of aromatic nitrogens is 2. The normalized spacial score (nSPS) is 13.9. The Morgan fingerprint density at radius 3 is 2.81 bits per heavy atom. The summed E-state index contributed by atoms with van der Waals surface area (Å²) in [6.07, 6.45) is 4.43. The maximum Gasteiger partial charge on any atom is 0.213 e. The van der Waals surface area contributed by atoms with Crippen LogP contribution in [0.15, 0.2) is 28.7 Å². The second kappa shape index (κ2) is 10.1. The summed E-state index contributed by atoms with van der Waals surface area (Å²) in [4.78, 5) is 15.3. The van der Waals surface area contributed by atoms with Gasteiger partial charge >= 0.3 is 0 Å². The van der Waals surface area contributed by atoms with Gasteiger partial charge in [-0.2, -0.15) is 0 Å². The number of rotatable bonds is 7. The number of hydrogen-bond donors (Lipinski definition) is 1. The minimum absolute atomic E-state index is 0. The van der Waals surface area contributed by atoms with Crippen LogP contribution >= 0.6 is 35.3 Å². The minimum Gasteiger partial charge on any atom is -0.477 e. The van der Waals surface area contributed by atoms with E-state index in [1.165, 1.54) is 12.8 Å². The first-order chi connectivity index (χ1) is 12.1. The van der Waals surface area contributed by atoms with E-state index in [1.807, 2.05) is 32.3 Å². The number of hydrogen-bond acceptors (Lipinski definition) is 5. The van der Waals surface area contributed by atoms with Gasteiger partial charge in [-0.25, -0.2) is 9.97 Å².